The average Bonchev–Trinajstić information content (AvgIpc) is 3.34. The number of hydrogen-bond acceptors (Lipinski definition) is 13. The lowest BCUT2D eigenvalue weighted by molar-refractivity contribution is -0.159. The van der Waals surface area contributed by atoms with Gasteiger partial charge in [-0.1, -0.05) is 12.1 Å². The van der Waals surface area contributed by atoms with Gasteiger partial charge in [-0.05, 0) is 57.2 Å². The molecule has 23 heteroatoms. The molecule has 2 N–H and O–H groups in total. The van der Waals surface area contributed by atoms with E-state index in [-0.39, 0.29) is 42.9 Å². The summed E-state index contributed by atoms with van der Waals surface area (Å²) in [7, 11) is -0.865. The Kier molecular flexibility index (Phi) is 16.0. The van der Waals surface area contributed by atoms with Crippen LogP contribution in [0.4, 0.5) is 13.2 Å². The number of halogens is 3. The van der Waals surface area contributed by atoms with E-state index in [1.807, 2.05) is 0 Å². The Balaban J connectivity index is 0.000000286. The molecule has 2 aliphatic heterocycles. The molecule has 0 aliphatic carbocycles. The van der Waals surface area contributed by atoms with Crippen LogP contribution in [0.3, 0.4) is 0 Å². The van der Waals surface area contributed by atoms with Crippen LogP contribution < -0.4 is 22.8 Å². The maximum Gasteiger partial charge on any atom is 0.414 e. The fourth-order valence-electron chi connectivity index (χ4n) is 6.05. The Bertz CT molecular complexity index is 2180. The summed E-state index contributed by atoms with van der Waals surface area (Å²) in [5, 5.41) is 14.8. The van der Waals surface area contributed by atoms with Gasteiger partial charge < -0.3 is 14.9 Å². The maximum atomic E-state index is 14.9. The van der Waals surface area contributed by atoms with E-state index in [1.165, 1.54) is 37.7 Å². The number of aromatic nitrogens is 6. The Morgan fingerprint density at radius 2 is 1.27 bits per heavy atom. The quantitative estimate of drug-likeness (QED) is 0.175. The van der Waals surface area contributed by atoms with Gasteiger partial charge in [0.05, 0.1) is 38.7 Å². The zero-order valence-electron chi connectivity index (χ0n) is 31.2. The number of ether oxygens (including phenoxy) is 1. The first-order chi connectivity index (χ1) is 26.1. The molecule has 0 radical (unpaired) electrons. The summed E-state index contributed by atoms with van der Waals surface area (Å²) in [6, 6.07) is 6.75. The molecule has 2 saturated heterocycles. The predicted octanol–water partition coefficient (Wildman–Crippen LogP) is -0.340. The Morgan fingerprint density at radius 1 is 0.821 bits per heavy atom. The van der Waals surface area contributed by atoms with Crippen molar-refractivity contribution in [3.05, 3.63) is 89.2 Å². The Morgan fingerprint density at radius 3 is 1.70 bits per heavy atom. The van der Waals surface area contributed by atoms with Crippen molar-refractivity contribution in [2.24, 2.45) is 14.1 Å². The van der Waals surface area contributed by atoms with E-state index in [0.717, 1.165) is 46.6 Å². The zero-order chi connectivity index (χ0) is 42.1. The second-order valence-corrected chi connectivity index (χ2v) is 14.8. The first-order valence-electron chi connectivity index (χ1n) is 17.1. The molecular weight excluding hydrogens is 775 g/mol. The summed E-state index contributed by atoms with van der Waals surface area (Å²) in [6.45, 7) is 1.98. The third-order valence-corrected chi connectivity index (χ3v) is 9.60. The number of alkyl halides is 2. The summed E-state index contributed by atoms with van der Waals surface area (Å²) in [5.41, 5.74) is -1.93. The molecule has 2 bridgehead atoms. The molecule has 2 fully saturated rings. The third-order valence-electron chi connectivity index (χ3n) is 9.04. The van der Waals surface area contributed by atoms with Crippen molar-refractivity contribution >= 4 is 22.1 Å². The number of fused-ring (bicyclic) bond motifs is 2. The highest BCUT2D eigenvalue weighted by Gasteiger charge is 2.42. The molecule has 4 heterocycles. The van der Waals surface area contributed by atoms with E-state index in [9.17, 15) is 40.8 Å². The van der Waals surface area contributed by atoms with Gasteiger partial charge in [-0.2, -0.15) is 18.4 Å². The minimum absolute atomic E-state index is 0.0908. The van der Waals surface area contributed by atoms with E-state index in [4.69, 9.17) is 24.5 Å². The Labute approximate surface area is 317 Å². The number of carboxylic acid groups (broad SMARTS) is 2. The van der Waals surface area contributed by atoms with Crippen molar-refractivity contribution in [1.82, 2.24) is 33.1 Å². The molecular formula is C33H44F3N7O12S. The minimum atomic E-state index is -3.77. The highest BCUT2D eigenvalue weighted by atomic mass is 32.2. The number of benzene rings is 1. The van der Waals surface area contributed by atoms with E-state index >= 15 is 0 Å². The molecule has 2 unspecified atom stereocenters. The monoisotopic (exact) mass is 819 g/mol. The largest absolute Gasteiger partial charge is 0.473 e. The Hall–Kier alpha value is -5.00. The molecule has 0 spiro atoms. The molecule has 2 aromatic heterocycles. The van der Waals surface area contributed by atoms with Crippen molar-refractivity contribution in [2.45, 2.75) is 89.8 Å². The van der Waals surface area contributed by atoms with E-state index in [1.54, 1.807) is 19.1 Å². The number of carboxylic acids is 2. The first-order valence-corrected chi connectivity index (χ1v) is 18.9. The summed E-state index contributed by atoms with van der Waals surface area (Å²) < 4.78 is 76.9. The molecule has 3 aromatic rings. The van der Waals surface area contributed by atoms with Crippen molar-refractivity contribution in [3.63, 3.8) is 0 Å². The summed E-state index contributed by atoms with van der Waals surface area (Å²) in [4.78, 5) is 75.2. The fraction of sp³-hybridized carbons (Fsp3) is 0.576. The van der Waals surface area contributed by atoms with Gasteiger partial charge in [-0.3, -0.25) is 18.2 Å². The van der Waals surface area contributed by atoms with Crippen LogP contribution in [0.2, 0.25) is 0 Å². The molecule has 0 saturated carbocycles. The average molecular weight is 820 g/mol. The number of piperidine rings is 1. The van der Waals surface area contributed by atoms with Gasteiger partial charge in [0.2, 0.25) is 0 Å². The molecule has 5 rings (SSSR count). The fourth-order valence-corrected chi connectivity index (χ4v) is 6.44. The van der Waals surface area contributed by atoms with E-state index in [2.05, 4.69) is 19.1 Å². The van der Waals surface area contributed by atoms with Gasteiger partial charge in [-0.15, -0.1) is 0 Å². The van der Waals surface area contributed by atoms with Crippen LogP contribution in [0.1, 0.15) is 42.9 Å². The van der Waals surface area contributed by atoms with Gasteiger partial charge in [0.15, 0.2) is 0 Å². The van der Waals surface area contributed by atoms with Crippen LogP contribution in [-0.4, -0.2) is 114 Å². The summed E-state index contributed by atoms with van der Waals surface area (Å²) in [5.74, 6) is -3.40. The molecule has 2 aliphatic rings. The first kappa shape index (κ1) is 45.4. The maximum absolute atomic E-state index is 14.9. The van der Waals surface area contributed by atoms with Crippen LogP contribution in [0.5, 0.6) is 0 Å². The second-order valence-electron chi connectivity index (χ2n) is 13.2. The number of carbonyl (C=O) groups is 2. The van der Waals surface area contributed by atoms with Crippen LogP contribution >= 0.6 is 0 Å². The topological polar surface area (TPSA) is 244 Å². The van der Waals surface area contributed by atoms with Crippen molar-refractivity contribution in [3.8, 4) is 0 Å². The molecule has 56 heavy (non-hydrogen) atoms. The summed E-state index contributed by atoms with van der Waals surface area (Å²) >= 11 is 0. The van der Waals surface area contributed by atoms with Gasteiger partial charge in [0.25, 0.3) is 10.1 Å². The third kappa shape index (κ3) is 13.1. The van der Waals surface area contributed by atoms with E-state index < -0.39 is 70.3 Å². The summed E-state index contributed by atoms with van der Waals surface area (Å²) in [6.07, 6.45) is 1.32. The zero-order valence-corrected chi connectivity index (χ0v) is 32.0. The smallest absolute Gasteiger partial charge is 0.414 e. The van der Waals surface area contributed by atoms with Crippen LogP contribution in [0, 0.1) is 19.7 Å². The standard InChI is InChI=1S/C22H28F2N4O3.C9H14FN3O5S.C2H2O4/c1-14-25-21(29)28(22(30)26(14)2)12-17(24)11-27-18-7-8-19(27)10-20(9-18)31-13-15-3-5-16(23)6-4-15;1-6-11-8(14)13(9(15)12(6)2)4-7(10)5-18-19(3,16)17;3-1(4)2(5)6/h3-6,17-20H,7-13H2,1-2H3;7H,4-5H2,1-3H3;(H,3,4)(H,5,6)/t17-,18?,19?,20?;7-;/m10./s1. The van der Waals surface area contributed by atoms with Crippen molar-refractivity contribution in [1.29, 1.82) is 0 Å². The van der Waals surface area contributed by atoms with Gasteiger partial charge in [-0.25, -0.2) is 51.1 Å². The number of aliphatic carboxylic acids is 2. The van der Waals surface area contributed by atoms with Gasteiger partial charge in [0, 0.05) is 32.7 Å². The van der Waals surface area contributed by atoms with Crippen molar-refractivity contribution < 1.29 is 50.3 Å². The molecule has 0 amide bonds. The van der Waals surface area contributed by atoms with Crippen LogP contribution in [0.25, 0.3) is 0 Å². The van der Waals surface area contributed by atoms with Gasteiger partial charge >= 0.3 is 34.7 Å². The predicted molar refractivity (Wildman–Crippen MR) is 191 cm³/mol. The number of hydrogen-bond donors (Lipinski definition) is 2. The molecule has 4 atom stereocenters. The lowest BCUT2D eigenvalue weighted by Crippen LogP contribution is -2.50. The highest BCUT2D eigenvalue weighted by molar-refractivity contribution is 7.85. The van der Waals surface area contributed by atoms with Crippen molar-refractivity contribution in [2.75, 3.05) is 19.4 Å². The normalized spacial score (nSPS) is 18.9. The number of rotatable bonds is 12. The minimum Gasteiger partial charge on any atom is -0.473 e. The van der Waals surface area contributed by atoms with Crippen LogP contribution in [0.15, 0.2) is 43.4 Å². The van der Waals surface area contributed by atoms with E-state index in [0.29, 0.717) is 17.0 Å². The number of nitrogens with zero attached hydrogens (tertiary/aromatic N) is 7. The SMILES string of the molecule is Cc1nc(=O)n(C[C@H](F)CN2C3CCC2CC(OCc2ccc(F)cc2)C3)c(=O)n1C.Cc1nc(=O)n(C[C@H](F)COS(C)(=O)=O)c(=O)n1C.O=C(O)C(=O)O. The lowest BCUT2D eigenvalue weighted by atomic mass is 9.99. The second kappa shape index (κ2) is 19.7. The number of aryl methyl sites for hydroxylation is 2. The highest BCUT2D eigenvalue weighted by Crippen LogP contribution is 2.37. The molecule has 19 nitrogen and oxygen atoms in total. The molecule has 310 valence electrons. The van der Waals surface area contributed by atoms with Crippen LogP contribution in [-0.2, 0) is 62.4 Å². The molecule has 1 aromatic carbocycles. The lowest BCUT2D eigenvalue weighted by Gasteiger charge is -2.39. The van der Waals surface area contributed by atoms with Gasteiger partial charge in [0.1, 0.15) is 29.8 Å².